The third-order valence-electron chi connectivity index (χ3n) is 5.45. The molecule has 1 aliphatic heterocycles. The Morgan fingerprint density at radius 3 is 2.68 bits per heavy atom. The molecular weight excluding hydrogens is 296 g/mol. The third-order valence-corrected chi connectivity index (χ3v) is 5.45. The standard InChI is InChI=1S/C17H30N4.ClH/c1-17(12-18)8-9-21(13-17)11-15-10-20(2)19-16(15)14-6-4-3-5-7-14;/h10,14H,3-9,11-13,18H2,1-2H3;1H. The minimum absolute atomic E-state index is 0. The number of aromatic nitrogens is 2. The Bertz CT molecular complexity index is 481. The third kappa shape index (κ3) is 3.84. The van der Waals surface area contributed by atoms with Gasteiger partial charge in [0.2, 0.25) is 0 Å². The lowest BCUT2D eigenvalue weighted by Crippen LogP contribution is -2.31. The normalized spacial score (nSPS) is 27.0. The van der Waals surface area contributed by atoms with E-state index in [1.54, 1.807) is 0 Å². The van der Waals surface area contributed by atoms with E-state index in [0.29, 0.717) is 11.3 Å². The second-order valence-corrected chi connectivity index (χ2v) is 7.52. The van der Waals surface area contributed by atoms with E-state index < -0.39 is 0 Å². The molecule has 1 aliphatic carbocycles. The number of halogens is 1. The summed E-state index contributed by atoms with van der Waals surface area (Å²) in [7, 11) is 2.06. The average molecular weight is 327 g/mol. The number of nitrogens with zero attached hydrogens (tertiary/aromatic N) is 3. The maximum Gasteiger partial charge on any atom is 0.0700 e. The topological polar surface area (TPSA) is 47.1 Å². The molecule has 4 nitrogen and oxygen atoms in total. The first kappa shape index (κ1) is 17.8. The molecule has 1 saturated heterocycles. The molecule has 5 heteroatoms. The first-order valence-electron chi connectivity index (χ1n) is 8.54. The summed E-state index contributed by atoms with van der Waals surface area (Å²) in [4.78, 5) is 2.57. The van der Waals surface area contributed by atoms with Crippen molar-refractivity contribution in [2.24, 2.45) is 18.2 Å². The molecule has 0 radical (unpaired) electrons. The van der Waals surface area contributed by atoms with Crippen LogP contribution < -0.4 is 5.73 Å². The van der Waals surface area contributed by atoms with Crippen molar-refractivity contribution >= 4 is 12.4 Å². The minimum Gasteiger partial charge on any atom is -0.330 e. The lowest BCUT2D eigenvalue weighted by molar-refractivity contribution is 0.273. The van der Waals surface area contributed by atoms with Crippen molar-refractivity contribution in [2.45, 2.75) is 57.9 Å². The molecule has 3 rings (SSSR count). The number of aryl methyl sites for hydroxylation is 1. The number of hydrogen-bond donors (Lipinski definition) is 1. The summed E-state index contributed by atoms with van der Waals surface area (Å²) < 4.78 is 2.01. The summed E-state index contributed by atoms with van der Waals surface area (Å²) in [5, 5.41) is 4.80. The van der Waals surface area contributed by atoms with Gasteiger partial charge < -0.3 is 5.73 Å². The predicted octanol–water partition coefficient (Wildman–Crippen LogP) is 3.06. The molecule has 2 fully saturated rings. The van der Waals surface area contributed by atoms with E-state index in [9.17, 15) is 0 Å². The summed E-state index contributed by atoms with van der Waals surface area (Å²) in [6, 6.07) is 0. The van der Waals surface area contributed by atoms with E-state index in [-0.39, 0.29) is 12.4 Å². The second kappa shape index (κ2) is 7.33. The Kier molecular flexibility index (Phi) is 5.92. The molecule has 1 atom stereocenters. The zero-order chi connectivity index (χ0) is 14.9. The van der Waals surface area contributed by atoms with Crippen LogP contribution >= 0.6 is 12.4 Å². The maximum absolute atomic E-state index is 5.93. The highest BCUT2D eigenvalue weighted by Crippen LogP contribution is 2.35. The van der Waals surface area contributed by atoms with Crippen LogP contribution in [0.15, 0.2) is 6.20 Å². The maximum atomic E-state index is 5.93. The smallest absolute Gasteiger partial charge is 0.0700 e. The van der Waals surface area contributed by atoms with Crippen LogP contribution in [-0.4, -0.2) is 34.3 Å². The van der Waals surface area contributed by atoms with Gasteiger partial charge in [0.25, 0.3) is 0 Å². The summed E-state index contributed by atoms with van der Waals surface area (Å²) in [5.41, 5.74) is 9.07. The molecule has 2 heterocycles. The van der Waals surface area contributed by atoms with E-state index in [2.05, 4.69) is 25.1 Å². The van der Waals surface area contributed by atoms with Crippen LogP contribution in [0.3, 0.4) is 0 Å². The molecule has 126 valence electrons. The van der Waals surface area contributed by atoms with Gasteiger partial charge in [-0.05, 0) is 37.8 Å². The number of rotatable bonds is 4. The van der Waals surface area contributed by atoms with Crippen molar-refractivity contribution in [3.63, 3.8) is 0 Å². The second-order valence-electron chi connectivity index (χ2n) is 7.52. The molecule has 1 saturated carbocycles. The summed E-state index contributed by atoms with van der Waals surface area (Å²) in [6.07, 6.45) is 10.3. The summed E-state index contributed by atoms with van der Waals surface area (Å²) >= 11 is 0. The van der Waals surface area contributed by atoms with Crippen LogP contribution in [0, 0.1) is 5.41 Å². The molecule has 22 heavy (non-hydrogen) atoms. The Morgan fingerprint density at radius 1 is 1.32 bits per heavy atom. The van der Waals surface area contributed by atoms with E-state index in [1.165, 1.54) is 56.3 Å². The minimum atomic E-state index is 0. The van der Waals surface area contributed by atoms with Crippen molar-refractivity contribution in [2.75, 3.05) is 19.6 Å². The van der Waals surface area contributed by atoms with Gasteiger partial charge in [-0.15, -0.1) is 12.4 Å². The first-order valence-corrected chi connectivity index (χ1v) is 8.54. The van der Waals surface area contributed by atoms with Crippen LogP contribution in [-0.2, 0) is 13.6 Å². The van der Waals surface area contributed by atoms with Crippen LogP contribution in [0.1, 0.15) is 62.6 Å². The Balaban J connectivity index is 0.00000176. The van der Waals surface area contributed by atoms with Gasteiger partial charge in [0.1, 0.15) is 0 Å². The van der Waals surface area contributed by atoms with Crippen LogP contribution in [0.4, 0.5) is 0 Å². The van der Waals surface area contributed by atoms with E-state index in [0.717, 1.165) is 19.6 Å². The molecule has 1 unspecified atom stereocenters. The largest absolute Gasteiger partial charge is 0.330 e. The Morgan fingerprint density at radius 2 is 2.05 bits per heavy atom. The molecule has 2 aliphatic rings. The number of hydrogen-bond acceptors (Lipinski definition) is 3. The van der Waals surface area contributed by atoms with Crippen LogP contribution in [0.5, 0.6) is 0 Å². The SMILES string of the molecule is Cl.Cn1cc(CN2CCC(C)(CN)C2)c(C2CCCCC2)n1. The highest BCUT2D eigenvalue weighted by atomic mass is 35.5. The van der Waals surface area contributed by atoms with E-state index in [1.807, 2.05) is 4.68 Å². The molecule has 1 aromatic heterocycles. The summed E-state index contributed by atoms with van der Waals surface area (Å²) in [6.45, 7) is 6.47. The molecule has 0 aromatic carbocycles. The monoisotopic (exact) mass is 326 g/mol. The van der Waals surface area contributed by atoms with Crippen molar-refractivity contribution in [3.05, 3.63) is 17.5 Å². The van der Waals surface area contributed by atoms with Crippen molar-refractivity contribution < 1.29 is 0 Å². The van der Waals surface area contributed by atoms with Gasteiger partial charge in [0.05, 0.1) is 5.69 Å². The fraction of sp³-hybridized carbons (Fsp3) is 0.824. The van der Waals surface area contributed by atoms with Crippen LogP contribution in [0.25, 0.3) is 0 Å². The molecule has 0 bridgehead atoms. The van der Waals surface area contributed by atoms with Crippen molar-refractivity contribution in [1.29, 1.82) is 0 Å². The highest BCUT2D eigenvalue weighted by Gasteiger charge is 2.33. The van der Waals surface area contributed by atoms with E-state index >= 15 is 0 Å². The molecular formula is C17H31ClN4. The van der Waals surface area contributed by atoms with Gasteiger partial charge in [-0.25, -0.2) is 0 Å². The van der Waals surface area contributed by atoms with Crippen molar-refractivity contribution in [3.8, 4) is 0 Å². The zero-order valence-electron chi connectivity index (χ0n) is 14.1. The lowest BCUT2D eigenvalue weighted by Gasteiger charge is -2.24. The predicted molar refractivity (Wildman–Crippen MR) is 93.3 cm³/mol. The molecule has 1 aromatic rings. The molecule has 0 spiro atoms. The van der Waals surface area contributed by atoms with Crippen LogP contribution in [0.2, 0.25) is 0 Å². The fourth-order valence-corrected chi connectivity index (χ4v) is 4.06. The highest BCUT2D eigenvalue weighted by molar-refractivity contribution is 5.85. The number of nitrogens with two attached hydrogens (primary N) is 1. The fourth-order valence-electron chi connectivity index (χ4n) is 4.06. The van der Waals surface area contributed by atoms with Gasteiger partial charge in [-0.1, -0.05) is 26.2 Å². The zero-order valence-corrected chi connectivity index (χ0v) is 14.9. The Hall–Kier alpha value is -0.580. The van der Waals surface area contributed by atoms with Gasteiger partial charge in [0.15, 0.2) is 0 Å². The average Bonchev–Trinajstić information content (AvgIpc) is 3.04. The summed E-state index contributed by atoms with van der Waals surface area (Å²) in [5.74, 6) is 0.693. The quantitative estimate of drug-likeness (QED) is 0.925. The van der Waals surface area contributed by atoms with E-state index in [4.69, 9.17) is 10.8 Å². The Labute approximate surface area is 140 Å². The van der Waals surface area contributed by atoms with Gasteiger partial charge in [-0.2, -0.15) is 5.10 Å². The van der Waals surface area contributed by atoms with Gasteiger partial charge in [-0.3, -0.25) is 9.58 Å². The first-order chi connectivity index (χ1) is 10.1. The molecule has 2 N–H and O–H groups in total. The van der Waals surface area contributed by atoms with Gasteiger partial charge in [0, 0.05) is 37.8 Å². The lowest BCUT2D eigenvalue weighted by atomic mass is 9.85. The van der Waals surface area contributed by atoms with Gasteiger partial charge >= 0.3 is 0 Å². The molecule has 0 amide bonds. The van der Waals surface area contributed by atoms with Crippen molar-refractivity contribution in [1.82, 2.24) is 14.7 Å². The number of likely N-dealkylation sites (tertiary alicyclic amines) is 1.